The van der Waals surface area contributed by atoms with Crippen LogP contribution in [0.25, 0.3) is 0 Å². The molecule has 6 heteroatoms. The van der Waals surface area contributed by atoms with Crippen LogP contribution in [-0.4, -0.2) is 37.8 Å². The molecule has 1 aliphatic rings. The zero-order chi connectivity index (χ0) is 14.9. The van der Waals surface area contributed by atoms with Gasteiger partial charge in [-0.1, -0.05) is 0 Å². The third-order valence-electron chi connectivity index (χ3n) is 4.17. The summed E-state index contributed by atoms with van der Waals surface area (Å²) in [6.45, 7) is 4.08. The molecular formula is C14H23N3O3. The lowest BCUT2D eigenvalue weighted by Crippen LogP contribution is -2.39. The van der Waals surface area contributed by atoms with Crippen LogP contribution in [-0.2, 0) is 20.6 Å². The molecule has 0 bridgehead atoms. The summed E-state index contributed by atoms with van der Waals surface area (Å²) < 4.78 is 2.63. The molecule has 1 aliphatic heterocycles. The SMILES string of the molecule is Cn1c(CN2CCCC(C)(O)CC2)cc(=O)n(C)c1=O. The molecule has 1 saturated heterocycles. The molecule has 0 saturated carbocycles. The highest BCUT2D eigenvalue weighted by molar-refractivity contribution is 5.02. The highest BCUT2D eigenvalue weighted by Gasteiger charge is 2.25. The van der Waals surface area contributed by atoms with Crippen LogP contribution in [0.5, 0.6) is 0 Å². The number of rotatable bonds is 2. The highest BCUT2D eigenvalue weighted by atomic mass is 16.3. The zero-order valence-electron chi connectivity index (χ0n) is 12.4. The van der Waals surface area contributed by atoms with Crippen LogP contribution in [0.4, 0.5) is 0 Å². The highest BCUT2D eigenvalue weighted by Crippen LogP contribution is 2.21. The Kier molecular flexibility index (Phi) is 4.15. The molecule has 1 aromatic rings. The van der Waals surface area contributed by atoms with Gasteiger partial charge in [0, 0.05) is 38.9 Å². The lowest BCUT2D eigenvalue weighted by molar-refractivity contribution is 0.0443. The van der Waals surface area contributed by atoms with Crippen LogP contribution in [0, 0.1) is 0 Å². The molecular weight excluding hydrogens is 258 g/mol. The van der Waals surface area contributed by atoms with E-state index in [9.17, 15) is 14.7 Å². The van der Waals surface area contributed by atoms with Gasteiger partial charge in [0.1, 0.15) is 0 Å². The lowest BCUT2D eigenvalue weighted by atomic mass is 9.98. The number of aliphatic hydroxyl groups is 1. The largest absolute Gasteiger partial charge is 0.390 e. The van der Waals surface area contributed by atoms with E-state index in [4.69, 9.17) is 0 Å². The Bertz CT molecular complexity index is 601. The quantitative estimate of drug-likeness (QED) is 0.816. The van der Waals surface area contributed by atoms with Crippen LogP contribution >= 0.6 is 0 Å². The Morgan fingerprint density at radius 2 is 1.90 bits per heavy atom. The van der Waals surface area contributed by atoms with Crippen LogP contribution in [0.1, 0.15) is 31.9 Å². The summed E-state index contributed by atoms with van der Waals surface area (Å²) in [6.07, 6.45) is 2.43. The summed E-state index contributed by atoms with van der Waals surface area (Å²) in [6, 6.07) is 1.52. The first kappa shape index (κ1) is 15.0. The Morgan fingerprint density at radius 1 is 1.20 bits per heavy atom. The second-order valence-electron chi connectivity index (χ2n) is 6.00. The van der Waals surface area contributed by atoms with E-state index in [0.717, 1.165) is 36.2 Å². The molecule has 112 valence electrons. The minimum Gasteiger partial charge on any atom is -0.390 e. The molecule has 6 nitrogen and oxygen atoms in total. The molecule has 1 unspecified atom stereocenters. The number of hydrogen-bond acceptors (Lipinski definition) is 4. The van der Waals surface area contributed by atoms with Gasteiger partial charge in [0.05, 0.1) is 5.60 Å². The molecule has 1 aromatic heterocycles. The van der Waals surface area contributed by atoms with E-state index < -0.39 is 5.60 Å². The lowest BCUT2D eigenvalue weighted by Gasteiger charge is -2.23. The summed E-state index contributed by atoms with van der Waals surface area (Å²) in [5.74, 6) is 0. The molecule has 1 fully saturated rings. The van der Waals surface area contributed by atoms with Gasteiger partial charge >= 0.3 is 5.69 Å². The summed E-state index contributed by atoms with van der Waals surface area (Å²) in [5, 5.41) is 10.1. The summed E-state index contributed by atoms with van der Waals surface area (Å²) in [7, 11) is 3.17. The van der Waals surface area contributed by atoms with Crippen molar-refractivity contribution in [1.82, 2.24) is 14.0 Å². The molecule has 0 radical (unpaired) electrons. The molecule has 20 heavy (non-hydrogen) atoms. The molecule has 1 atom stereocenters. The standard InChI is InChI=1S/C14H23N3O3/c1-14(20)5-4-7-17(8-6-14)10-11-9-12(18)16(3)13(19)15(11)2/h9,20H,4-8,10H2,1-3H3. The van der Waals surface area contributed by atoms with E-state index in [1.165, 1.54) is 17.7 Å². The number of likely N-dealkylation sites (tertiary alicyclic amines) is 1. The van der Waals surface area contributed by atoms with Crippen LogP contribution in [0.15, 0.2) is 15.7 Å². The van der Waals surface area contributed by atoms with E-state index in [1.54, 1.807) is 7.05 Å². The monoisotopic (exact) mass is 281 g/mol. The Hall–Kier alpha value is -1.40. The smallest absolute Gasteiger partial charge is 0.330 e. The van der Waals surface area contributed by atoms with Crippen LogP contribution in [0.2, 0.25) is 0 Å². The van der Waals surface area contributed by atoms with E-state index in [2.05, 4.69) is 4.90 Å². The molecule has 2 heterocycles. The fraction of sp³-hybridized carbons (Fsp3) is 0.714. The topological polar surface area (TPSA) is 67.5 Å². The van der Waals surface area contributed by atoms with Gasteiger partial charge in [-0.25, -0.2) is 4.79 Å². The van der Waals surface area contributed by atoms with Crippen molar-refractivity contribution >= 4 is 0 Å². The average molecular weight is 281 g/mol. The van der Waals surface area contributed by atoms with Gasteiger partial charge in [-0.3, -0.25) is 18.8 Å². The van der Waals surface area contributed by atoms with E-state index in [-0.39, 0.29) is 11.2 Å². The minimum absolute atomic E-state index is 0.273. The summed E-state index contributed by atoms with van der Waals surface area (Å²) in [5.41, 5.74) is -0.452. The first-order valence-electron chi connectivity index (χ1n) is 7.01. The molecule has 0 aliphatic carbocycles. The maximum atomic E-state index is 11.9. The van der Waals surface area contributed by atoms with Gasteiger partial charge in [-0.2, -0.15) is 0 Å². The van der Waals surface area contributed by atoms with Crippen molar-refractivity contribution in [3.8, 4) is 0 Å². The van der Waals surface area contributed by atoms with Crippen molar-refractivity contribution in [2.24, 2.45) is 14.1 Å². The van der Waals surface area contributed by atoms with E-state index in [0.29, 0.717) is 13.0 Å². The molecule has 0 spiro atoms. The predicted octanol–water partition coefficient (Wildman–Crippen LogP) is -0.179. The molecule has 0 amide bonds. The zero-order valence-corrected chi connectivity index (χ0v) is 12.4. The first-order valence-corrected chi connectivity index (χ1v) is 7.01. The third kappa shape index (κ3) is 3.19. The van der Waals surface area contributed by atoms with Gasteiger partial charge < -0.3 is 5.11 Å². The van der Waals surface area contributed by atoms with Gasteiger partial charge in [0.2, 0.25) is 0 Å². The van der Waals surface area contributed by atoms with Crippen LogP contribution in [0.3, 0.4) is 0 Å². The average Bonchev–Trinajstić information content (AvgIpc) is 2.55. The normalized spacial score (nSPS) is 24.6. The maximum absolute atomic E-state index is 11.9. The summed E-state index contributed by atoms with van der Waals surface area (Å²) in [4.78, 5) is 25.8. The number of nitrogens with zero attached hydrogens (tertiary/aromatic N) is 3. The molecule has 2 rings (SSSR count). The molecule has 1 N–H and O–H groups in total. The summed E-state index contributed by atoms with van der Waals surface area (Å²) >= 11 is 0. The van der Waals surface area contributed by atoms with E-state index >= 15 is 0 Å². The second-order valence-corrected chi connectivity index (χ2v) is 6.00. The van der Waals surface area contributed by atoms with Crippen molar-refractivity contribution in [3.05, 3.63) is 32.6 Å². The fourth-order valence-electron chi connectivity index (χ4n) is 2.64. The van der Waals surface area contributed by atoms with Crippen molar-refractivity contribution in [1.29, 1.82) is 0 Å². The Balaban J connectivity index is 2.19. The van der Waals surface area contributed by atoms with Crippen molar-refractivity contribution in [2.75, 3.05) is 13.1 Å². The second kappa shape index (κ2) is 5.54. The Morgan fingerprint density at radius 3 is 2.60 bits per heavy atom. The third-order valence-corrected chi connectivity index (χ3v) is 4.17. The van der Waals surface area contributed by atoms with Gasteiger partial charge in [-0.15, -0.1) is 0 Å². The maximum Gasteiger partial charge on any atom is 0.330 e. The number of aromatic nitrogens is 2. The minimum atomic E-state index is -0.604. The van der Waals surface area contributed by atoms with Gasteiger partial charge in [0.25, 0.3) is 5.56 Å². The van der Waals surface area contributed by atoms with Crippen molar-refractivity contribution in [2.45, 2.75) is 38.3 Å². The Labute approximate surface area is 118 Å². The predicted molar refractivity (Wildman–Crippen MR) is 76.7 cm³/mol. The number of hydrogen-bond donors (Lipinski definition) is 1. The molecule has 0 aromatic carbocycles. The fourth-order valence-corrected chi connectivity index (χ4v) is 2.64. The van der Waals surface area contributed by atoms with Crippen molar-refractivity contribution < 1.29 is 5.11 Å². The van der Waals surface area contributed by atoms with Gasteiger partial charge in [0.15, 0.2) is 0 Å². The van der Waals surface area contributed by atoms with Crippen molar-refractivity contribution in [3.63, 3.8) is 0 Å². The van der Waals surface area contributed by atoms with Crippen LogP contribution < -0.4 is 11.2 Å². The van der Waals surface area contributed by atoms with E-state index in [1.807, 2.05) is 6.92 Å². The van der Waals surface area contributed by atoms with Gasteiger partial charge in [-0.05, 0) is 32.7 Å². The first-order chi connectivity index (χ1) is 9.30.